The van der Waals surface area contributed by atoms with E-state index in [1.54, 1.807) is 4.68 Å². The Hall–Kier alpha value is -2.18. The molecule has 2 bridgehead atoms. The van der Waals surface area contributed by atoms with E-state index in [-0.39, 0.29) is 17.5 Å². The predicted molar refractivity (Wildman–Crippen MR) is 91.8 cm³/mol. The molecule has 2 saturated heterocycles. The third-order valence-electron chi connectivity index (χ3n) is 4.72. The van der Waals surface area contributed by atoms with Gasteiger partial charge in [0.25, 0.3) is 0 Å². The number of halogens is 1. The summed E-state index contributed by atoms with van der Waals surface area (Å²) in [5.74, 6) is 0.854. The summed E-state index contributed by atoms with van der Waals surface area (Å²) in [5, 5.41) is 5.68. The van der Waals surface area contributed by atoms with Crippen LogP contribution in [0.5, 0.6) is 0 Å². The van der Waals surface area contributed by atoms with E-state index in [0.29, 0.717) is 0 Å². The van der Waals surface area contributed by atoms with Crippen LogP contribution in [0.25, 0.3) is 16.7 Å². The molecule has 0 amide bonds. The number of fused-ring (bicyclic) bond motifs is 3. The molecule has 122 valence electrons. The fourth-order valence-electron chi connectivity index (χ4n) is 3.65. The Labute approximate surface area is 144 Å². The fraction of sp³-hybridized carbons (Fsp3) is 0.353. The molecule has 2 aliphatic heterocycles. The smallest absolute Gasteiger partial charge is 0.226 e. The Morgan fingerprint density at radius 2 is 1.79 bits per heavy atom. The van der Waals surface area contributed by atoms with E-state index >= 15 is 0 Å². The quantitative estimate of drug-likeness (QED) is 0.671. The highest BCUT2D eigenvalue weighted by Gasteiger charge is 2.35. The summed E-state index contributed by atoms with van der Waals surface area (Å²) >= 11 is 6.23. The van der Waals surface area contributed by atoms with E-state index < -0.39 is 0 Å². The Morgan fingerprint density at radius 1 is 1.04 bits per heavy atom. The van der Waals surface area contributed by atoms with Crippen molar-refractivity contribution < 1.29 is 4.74 Å². The molecule has 7 heteroatoms. The zero-order chi connectivity index (χ0) is 16.1. The number of hydrogen-bond acceptors (Lipinski definition) is 5. The van der Waals surface area contributed by atoms with Crippen LogP contribution in [0.3, 0.4) is 0 Å². The van der Waals surface area contributed by atoms with Gasteiger partial charge < -0.3 is 9.64 Å². The van der Waals surface area contributed by atoms with Gasteiger partial charge in [0.05, 0.1) is 29.5 Å². The minimum atomic E-state index is 0.244. The standard InChI is InChI=1S/C17H16ClN5O/c18-17-20-15(22-9-12-6-7-13(10-22)24-12)14-8-19-23(16(14)21-17)11-4-2-1-3-5-11/h1-5,8,12-13H,6-7,9-10H2. The molecule has 0 aliphatic carbocycles. The summed E-state index contributed by atoms with van der Waals surface area (Å²) in [6.45, 7) is 1.69. The van der Waals surface area contributed by atoms with E-state index in [1.807, 2.05) is 36.5 Å². The molecule has 2 unspecified atom stereocenters. The maximum absolute atomic E-state index is 6.23. The number of hydrogen-bond donors (Lipinski definition) is 0. The van der Waals surface area contributed by atoms with Gasteiger partial charge in [-0.1, -0.05) is 18.2 Å². The Bertz CT molecular complexity index is 885. The van der Waals surface area contributed by atoms with Crippen molar-refractivity contribution in [2.24, 2.45) is 0 Å². The predicted octanol–water partition coefficient (Wildman–Crippen LogP) is 2.84. The number of anilines is 1. The molecule has 2 aliphatic rings. The zero-order valence-electron chi connectivity index (χ0n) is 13.0. The summed E-state index contributed by atoms with van der Waals surface area (Å²) in [4.78, 5) is 11.2. The molecule has 2 atom stereocenters. The minimum Gasteiger partial charge on any atom is -0.371 e. The number of benzene rings is 1. The Kier molecular flexibility index (Phi) is 3.21. The van der Waals surface area contributed by atoms with Crippen molar-refractivity contribution in [1.29, 1.82) is 0 Å². The van der Waals surface area contributed by atoms with Crippen molar-refractivity contribution in [2.45, 2.75) is 25.0 Å². The van der Waals surface area contributed by atoms with Crippen molar-refractivity contribution in [2.75, 3.05) is 18.0 Å². The third kappa shape index (κ3) is 2.25. The van der Waals surface area contributed by atoms with E-state index in [9.17, 15) is 0 Å². The molecule has 2 fully saturated rings. The van der Waals surface area contributed by atoms with Gasteiger partial charge in [-0.3, -0.25) is 0 Å². The SMILES string of the molecule is Clc1nc(N2CC3CCC(C2)O3)c2cnn(-c3ccccc3)c2n1. The molecule has 5 rings (SSSR count). The maximum atomic E-state index is 6.23. The second kappa shape index (κ2) is 5.43. The Morgan fingerprint density at radius 3 is 2.54 bits per heavy atom. The average molecular weight is 342 g/mol. The summed E-state index contributed by atoms with van der Waals surface area (Å²) in [6, 6.07) is 9.93. The van der Waals surface area contributed by atoms with Crippen LogP contribution in [0.4, 0.5) is 5.82 Å². The lowest BCUT2D eigenvalue weighted by atomic mass is 10.2. The monoisotopic (exact) mass is 341 g/mol. The highest BCUT2D eigenvalue weighted by Crippen LogP contribution is 2.33. The summed E-state index contributed by atoms with van der Waals surface area (Å²) < 4.78 is 7.73. The topological polar surface area (TPSA) is 56.1 Å². The normalized spacial score (nSPS) is 23.1. The summed E-state index contributed by atoms with van der Waals surface area (Å²) in [7, 11) is 0. The van der Waals surface area contributed by atoms with Gasteiger partial charge in [-0.25, -0.2) is 4.68 Å². The molecule has 4 heterocycles. The maximum Gasteiger partial charge on any atom is 0.226 e. The molecule has 1 aromatic carbocycles. The van der Waals surface area contributed by atoms with Gasteiger partial charge in [0, 0.05) is 13.1 Å². The van der Waals surface area contributed by atoms with Crippen LogP contribution in [0.15, 0.2) is 36.5 Å². The number of para-hydroxylation sites is 1. The number of nitrogens with zero attached hydrogens (tertiary/aromatic N) is 5. The summed E-state index contributed by atoms with van der Waals surface area (Å²) in [5.41, 5.74) is 1.69. The first-order chi connectivity index (χ1) is 11.8. The molecule has 0 N–H and O–H groups in total. The van der Waals surface area contributed by atoms with Crippen LogP contribution >= 0.6 is 11.6 Å². The van der Waals surface area contributed by atoms with Crippen LogP contribution in [0.2, 0.25) is 5.28 Å². The first-order valence-corrected chi connectivity index (χ1v) is 8.53. The second-order valence-corrected chi connectivity index (χ2v) is 6.65. The van der Waals surface area contributed by atoms with Crippen LogP contribution in [-0.4, -0.2) is 45.0 Å². The van der Waals surface area contributed by atoms with E-state index in [2.05, 4.69) is 20.0 Å². The van der Waals surface area contributed by atoms with Crippen LogP contribution in [0, 0.1) is 0 Å². The summed E-state index contributed by atoms with van der Waals surface area (Å²) in [6.07, 6.45) is 4.64. The van der Waals surface area contributed by atoms with Crippen molar-refractivity contribution in [3.8, 4) is 5.69 Å². The molecule has 0 spiro atoms. The molecule has 2 aromatic heterocycles. The van der Waals surface area contributed by atoms with E-state index in [1.165, 1.54) is 0 Å². The van der Waals surface area contributed by atoms with Crippen molar-refractivity contribution >= 4 is 28.5 Å². The lowest BCUT2D eigenvalue weighted by Crippen LogP contribution is -2.43. The van der Waals surface area contributed by atoms with Gasteiger partial charge >= 0.3 is 0 Å². The van der Waals surface area contributed by atoms with Crippen LogP contribution in [0.1, 0.15) is 12.8 Å². The molecular weight excluding hydrogens is 326 g/mol. The minimum absolute atomic E-state index is 0.244. The first kappa shape index (κ1) is 14.2. The molecule has 24 heavy (non-hydrogen) atoms. The number of ether oxygens (including phenoxy) is 1. The number of morpholine rings is 1. The molecule has 6 nitrogen and oxygen atoms in total. The zero-order valence-corrected chi connectivity index (χ0v) is 13.7. The fourth-order valence-corrected chi connectivity index (χ4v) is 3.81. The lowest BCUT2D eigenvalue weighted by Gasteiger charge is -2.33. The largest absolute Gasteiger partial charge is 0.371 e. The van der Waals surface area contributed by atoms with Gasteiger partial charge in [0.2, 0.25) is 5.28 Å². The highest BCUT2D eigenvalue weighted by atomic mass is 35.5. The van der Waals surface area contributed by atoms with Gasteiger partial charge in [-0.2, -0.15) is 15.1 Å². The molecule has 0 saturated carbocycles. The third-order valence-corrected chi connectivity index (χ3v) is 4.89. The van der Waals surface area contributed by atoms with Crippen molar-refractivity contribution in [3.05, 3.63) is 41.8 Å². The lowest BCUT2D eigenvalue weighted by molar-refractivity contribution is 0.0303. The van der Waals surface area contributed by atoms with E-state index in [4.69, 9.17) is 16.3 Å². The van der Waals surface area contributed by atoms with Gasteiger partial charge in [-0.15, -0.1) is 0 Å². The highest BCUT2D eigenvalue weighted by molar-refractivity contribution is 6.28. The van der Waals surface area contributed by atoms with Crippen LogP contribution in [-0.2, 0) is 4.74 Å². The molecular formula is C17H16ClN5O. The number of aromatic nitrogens is 4. The Balaban J connectivity index is 1.64. The van der Waals surface area contributed by atoms with E-state index in [0.717, 1.165) is 48.5 Å². The first-order valence-electron chi connectivity index (χ1n) is 8.15. The van der Waals surface area contributed by atoms with Crippen LogP contribution < -0.4 is 4.90 Å². The van der Waals surface area contributed by atoms with Gasteiger partial charge in [-0.05, 0) is 36.6 Å². The second-order valence-electron chi connectivity index (χ2n) is 6.31. The van der Waals surface area contributed by atoms with Gasteiger partial charge in [0.1, 0.15) is 5.82 Å². The van der Waals surface area contributed by atoms with Gasteiger partial charge in [0.15, 0.2) is 5.65 Å². The molecule has 3 aromatic rings. The molecule has 0 radical (unpaired) electrons. The van der Waals surface area contributed by atoms with Crippen molar-refractivity contribution in [3.63, 3.8) is 0 Å². The number of rotatable bonds is 2. The van der Waals surface area contributed by atoms with Crippen molar-refractivity contribution in [1.82, 2.24) is 19.7 Å². The average Bonchev–Trinajstić information content (AvgIpc) is 3.17.